The Hall–Kier alpha value is -1.32. The number of halogens is 1. The van der Waals surface area contributed by atoms with Gasteiger partial charge in [-0.1, -0.05) is 19.1 Å². The second-order valence-corrected chi connectivity index (χ2v) is 8.28. The monoisotopic (exact) mass is 540 g/mol. The first kappa shape index (κ1) is 25.9. The number of H-pyrrole nitrogens is 1. The summed E-state index contributed by atoms with van der Waals surface area (Å²) in [5, 5.41) is 8.19. The first-order valence-electron chi connectivity index (χ1n) is 11.7. The lowest BCUT2D eigenvalue weighted by Crippen LogP contribution is -2.46. The van der Waals surface area contributed by atoms with Crippen molar-refractivity contribution in [2.24, 2.45) is 4.99 Å². The number of guanidine groups is 1. The molecule has 31 heavy (non-hydrogen) atoms. The number of benzene rings is 1. The van der Waals surface area contributed by atoms with Crippen LogP contribution in [0.4, 0.5) is 0 Å². The molecule has 2 aromatic rings. The van der Waals surface area contributed by atoms with Crippen LogP contribution in [0.5, 0.6) is 0 Å². The Bertz CT molecular complexity index is 794. The molecule has 3 rings (SSSR count). The highest BCUT2D eigenvalue weighted by Gasteiger charge is 2.14. The van der Waals surface area contributed by atoms with Gasteiger partial charge in [0, 0.05) is 62.9 Å². The molecule has 174 valence electrons. The van der Waals surface area contributed by atoms with Crippen molar-refractivity contribution in [2.45, 2.75) is 40.0 Å². The highest BCUT2D eigenvalue weighted by molar-refractivity contribution is 14.0. The van der Waals surface area contributed by atoms with E-state index in [-0.39, 0.29) is 24.0 Å². The molecular formula is C24H41IN6. The molecule has 1 aromatic heterocycles. The highest BCUT2D eigenvalue weighted by atomic mass is 127. The lowest BCUT2D eigenvalue weighted by atomic mass is 10.1. The van der Waals surface area contributed by atoms with Gasteiger partial charge in [0.25, 0.3) is 0 Å². The van der Waals surface area contributed by atoms with Crippen LogP contribution in [0, 0.1) is 6.92 Å². The van der Waals surface area contributed by atoms with Crippen LogP contribution < -0.4 is 10.6 Å². The molecule has 1 aliphatic rings. The number of rotatable bonds is 10. The van der Waals surface area contributed by atoms with Crippen molar-refractivity contribution in [3.63, 3.8) is 0 Å². The number of nitrogens with zero attached hydrogens (tertiary/aromatic N) is 3. The summed E-state index contributed by atoms with van der Waals surface area (Å²) < 4.78 is 0. The van der Waals surface area contributed by atoms with E-state index in [1.54, 1.807) is 0 Å². The van der Waals surface area contributed by atoms with Gasteiger partial charge in [0.2, 0.25) is 0 Å². The van der Waals surface area contributed by atoms with Gasteiger partial charge in [0.15, 0.2) is 5.96 Å². The van der Waals surface area contributed by atoms with E-state index in [0.29, 0.717) is 0 Å². The van der Waals surface area contributed by atoms with E-state index in [2.05, 4.69) is 70.6 Å². The van der Waals surface area contributed by atoms with Crippen molar-refractivity contribution < 1.29 is 0 Å². The Morgan fingerprint density at radius 3 is 2.58 bits per heavy atom. The number of nitrogens with one attached hydrogen (secondary N) is 3. The summed E-state index contributed by atoms with van der Waals surface area (Å²) in [5.41, 5.74) is 3.87. The average molecular weight is 541 g/mol. The summed E-state index contributed by atoms with van der Waals surface area (Å²) in [6.07, 6.45) is 5.49. The van der Waals surface area contributed by atoms with E-state index in [9.17, 15) is 0 Å². The third-order valence-electron chi connectivity index (χ3n) is 6.02. The molecule has 1 aliphatic heterocycles. The van der Waals surface area contributed by atoms with E-state index in [4.69, 9.17) is 4.99 Å². The molecule has 0 radical (unpaired) electrons. The fourth-order valence-corrected chi connectivity index (χ4v) is 4.13. The van der Waals surface area contributed by atoms with Crippen molar-refractivity contribution in [1.82, 2.24) is 25.4 Å². The fourth-order valence-electron chi connectivity index (χ4n) is 4.13. The molecule has 1 fully saturated rings. The molecule has 0 aliphatic carbocycles. The van der Waals surface area contributed by atoms with Crippen LogP contribution in [0.2, 0.25) is 0 Å². The van der Waals surface area contributed by atoms with Crippen LogP contribution in [0.1, 0.15) is 37.8 Å². The molecule has 0 bridgehead atoms. The standard InChI is InChI=1S/C24H40N6.HI/c1-4-25-24(26-11-6-7-13-30-16-14-29(5-2)15-17-30)27-12-10-21-19-28-23-18-20(3)8-9-22(21)23;/h8-9,18-19,28H,4-7,10-17H2,1-3H3,(H2,25,26,27);1H. The number of piperazine rings is 1. The summed E-state index contributed by atoms with van der Waals surface area (Å²) in [6, 6.07) is 6.61. The number of likely N-dealkylation sites (N-methyl/N-ethyl adjacent to an activating group) is 1. The van der Waals surface area contributed by atoms with Gasteiger partial charge in [-0.15, -0.1) is 24.0 Å². The number of hydrogen-bond donors (Lipinski definition) is 3. The Morgan fingerprint density at radius 1 is 1.06 bits per heavy atom. The number of fused-ring (bicyclic) bond motifs is 1. The molecular weight excluding hydrogens is 499 g/mol. The van der Waals surface area contributed by atoms with E-state index < -0.39 is 0 Å². The molecule has 0 amide bonds. The van der Waals surface area contributed by atoms with Crippen LogP contribution in [0.25, 0.3) is 10.9 Å². The second kappa shape index (κ2) is 14.0. The van der Waals surface area contributed by atoms with Gasteiger partial charge >= 0.3 is 0 Å². The number of hydrogen-bond acceptors (Lipinski definition) is 3. The molecule has 3 N–H and O–H groups in total. The van der Waals surface area contributed by atoms with Crippen molar-refractivity contribution in [2.75, 3.05) is 58.9 Å². The fraction of sp³-hybridized carbons (Fsp3) is 0.625. The van der Waals surface area contributed by atoms with E-state index in [1.807, 2.05) is 0 Å². The normalized spacial score (nSPS) is 15.8. The average Bonchev–Trinajstić information content (AvgIpc) is 3.15. The maximum Gasteiger partial charge on any atom is 0.191 e. The minimum absolute atomic E-state index is 0. The SMILES string of the molecule is CCNC(=NCCCCN1CCN(CC)CC1)NCCc1c[nH]c2cc(C)ccc12.I. The summed E-state index contributed by atoms with van der Waals surface area (Å²) in [6.45, 7) is 16.4. The number of aliphatic imine (C=N–C) groups is 1. The zero-order valence-corrected chi connectivity index (χ0v) is 21.9. The highest BCUT2D eigenvalue weighted by Crippen LogP contribution is 2.19. The van der Waals surface area contributed by atoms with Gasteiger partial charge < -0.3 is 25.4 Å². The predicted molar refractivity (Wildman–Crippen MR) is 144 cm³/mol. The predicted octanol–water partition coefficient (Wildman–Crippen LogP) is 3.61. The summed E-state index contributed by atoms with van der Waals surface area (Å²) >= 11 is 0. The Morgan fingerprint density at radius 2 is 1.84 bits per heavy atom. The quantitative estimate of drug-likeness (QED) is 0.187. The third kappa shape index (κ3) is 8.27. The lowest BCUT2D eigenvalue weighted by molar-refractivity contribution is 0.136. The van der Waals surface area contributed by atoms with Crippen molar-refractivity contribution in [3.8, 4) is 0 Å². The van der Waals surface area contributed by atoms with Gasteiger partial charge in [-0.2, -0.15) is 0 Å². The third-order valence-corrected chi connectivity index (χ3v) is 6.02. The summed E-state index contributed by atoms with van der Waals surface area (Å²) in [7, 11) is 0. The molecule has 2 heterocycles. The Kier molecular flexibility index (Phi) is 11.7. The van der Waals surface area contributed by atoms with Crippen LogP contribution in [-0.4, -0.2) is 79.6 Å². The first-order valence-corrected chi connectivity index (χ1v) is 11.7. The van der Waals surface area contributed by atoms with Gasteiger partial charge in [0.05, 0.1) is 0 Å². The van der Waals surface area contributed by atoms with E-state index in [1.165, 1.54) is 67.7 Å². The van der Waals surface area contributed by atoms with Crippen molar-refractivity contribution in [1.29, 1.82) is 0 Å². The van der Waals surface area contributed by atoms with Gasteiger partial charge in [-0.3, -0.25) is 4.99 Å². The van der Waals surface area contributed by atoms with Crippen molar-refractivity contribution >= 4 is 40.8 Å². The molecule has 0 spiro atoms. The molecule has 1 saturated heterocycles. The molecule has 0 atom stereocenters. The maximum atomic E-state index is 4.77. The summed E-state index contributed by atoms with van der Waals surface area (Å²) in [5.74, 6) is 0.935. The molecule has 1 aromatic carbocycles. The molecule has 0 saturated carbocycles. The summed E-state index contributed by atoms with van der Waals surface area (Å²) in [4.78, 5) is 13.3. The van der Waals surface area contributed by atoms with Crippen LogP contribution in [0.15, 0.2) is 29.4 Å². The van der Waals surface area contributed by atoms with E-state index in [0.717, 1.165) is 38.4 Å². The number of aromatic amines is 1. The largest absolute Gasteiger partial charge is 0.361 e. The van der Waals surface area contributed by atoms with Crippen LogP contribution >= 0.6 is 24.0 Å². The maximum absolute atomic E-state index is 4.77. The Balaban J connectivity index is 0.00000341. The molecule has 0 unspecified atom stereocenters. The topological polar surface area (TPSA) is 58.7 Å². The van der Waals surface area contributed by atoms with Crippen LogP contribution in [0.3, 0.4) is 0 Å². The zero-order valence-electron chi connectivity index (χ0n) is 19.5. The number of aromatic nitrogens is 1. The lowest BCUT2D eigenvalue weighted by Gasteiger charge is -2.33. The van der Waals surface area contributed by atoms with Gasteiger partial charge in [-0.25, -0.2) is 0 Å². The zero-order chi connectivity index (χ0) is 21.2. The minimum Gasteiger partial charge on any atom is -0.361 e. The first-order chi connectivity index (χ1) is 14.7. The van der Waals surface area contributed by atoms with Crippen molar-refractivity contribution in [3.05, 3.63) is 35.5 Å². The second-order valence-electron chi connectivity index (χ2n) is 8.28. The van der Waals surface area contributed by atoms with Gasteiger partial charge in [0.1, 0.15) is 0 Å². The molecule has 7 heteroatoms. The smallest absolute Gasteiger partial charge is 0.191 e. The Labute approximate surface area is 205 Å². The molecule has 6 nitrogen and oxygen atoms in total. The number of aryl methyl sites for hydroxylation is 1. The van der Waals surface area contributed by atoms with Gasteiger partial charge in [-0.05, 0) is 63.4 Å². The number of unbranched alkanes of at least 4 members (excludes halogenated alkanes) is 1. The minimum atomic E-state index is 0. The van der Waals surface area contributed by atoms with Crippen LogP contribution in [-0.2, 0) is 6.42 Å². The van der Waals surface area contributed by atoms with E-state index >= 15 is 0 Å².